The third-order valence-corrected chi connectivity index (χ3v) is 4.50. The summed E-state index contributed by atoms with van der Waals surface area (Å²) in [6, 6.07) is 5.59. The van der Waals surface area contributed by atoms with Crippen molar-refractivity contribution in [2.24, 2.45) is 0 Å². The number of aryl methyl sites for hydroxylation is 1. The number of hydrogen-bond donors (Lipinski definition) is 2. The van der Waals surface area contributed by atoms with E-state index in [1.807, 2.05) is 52.8 Å². The van der Waals surface area contributed by atoms with E-state index in [1.165, 1.54) is 0 Å². The molecule has 1 heterocycles. The first-order valence-corrected chi connectivity index (χ1v) is 9.37. The molecule has 7 heteroatoms. The average Bonchev–Trinajstić information content (AvgIpc) is 2.58. The van der Waals surface area contributed by atoms with Gasteiger partial charge >= 0.3 is 12.1 Å². The molecule has 1 saturated heterocycles. The van der Waals surface area contributed by atoms with E-state index in [-0.39, 0.29) is 24.9 Å². The van der Waals surface area contributed by atoms with Crippen LogP contribution in [0.1, 0.15) is 44.7 Å². The van der Waals surface area contributed by atoms with Gasteiger partial charge in [-0.2, -0.15) is 0 Å². The molecule has 0 bridgehead atoms. The van der Waals surface area contributed by atoms with Gasteiger partial charge in [0, 0.05) is 19.1 Å². The number of carbonyl (C=O) groups is 2. The second-order valence-electron chi connectivity index (χ2n) is 7.88. The molecule has 1 aromatic rings. The van der Waals surface area contributed by atoms with E-state index >= 15 is 0 Å². The molecule has 0 aromatic heterocycles. The fourth-order valence-corrected chi connectivity index (χ4v) is 2.83. The van der Waals surface area contributed by atoms with Crippen LogP contribution in [0.25, 0.3) is 0 Å². The van der Waals surface area contributed by atoms with Crippen LogP contribution in [0.4, 0.5) is 9.59 Å². The first kappa shape index (κ1) is 20.9. The summed E-state index contributed by atoms with van der Waals surface area (Å²) in [5.41, 5.74) is 1.71. The largest absolute Gasteiger partial charge is 0.473 e. The van der Waals surface area contributed by atoms with Gasteiger partial charge in [0.2, 0.25) is 0 Å². The van der Waals surface area contributed by atoms with Crippen LogP contribution in [0.5, 0.6) is 5.75 Å². The Morgan fingerprint density at radius 1 is 1.19 bits per heavy atom. The van der Waals surface area contributed by atoms with Crippen LogP contribution in [0, 0.1) is 13.8 Å². The smallest absolute Gasteiger partial charge is 0.410 e. The van der Waals surface area contributed by atoms with Crippen LogP contribution in [0.3, 0.4) is 0 Å². The lowest BCUT2D eigenvalue weighted by atomic mass is 10.1. The molecule has 3 amide bonds. The van der Waals surface area contributed by atoms with Crippen LogP contribution in [0.15, 0.2) is 18.2 Å². The van der Waals surface area contributed by atoms with Gasteiger partial charge in [0.1, 0.15) is 11.4 Å². The van der Waals surface area contributed by atoms with Gasteiger partial charge in [-0.25, -0.2) is 9.59 Å². The van der Waals surface area contributed by atoms with Crippen molar-refractivity contribution in [3.8, 4) is 5.75 Å². The Hall–Kier alpha value is -2.44. The van der Waals surface area contributed by atoms with Gasteiger partial charge in [-0.05, 0) is 64.7 Å². The summed E-state index contributed by atoms with van der Waals surface area (Å²) >= 11 is 0. The van der Waals surface area contributed by atoms with E-state index < -0.39 is 5.60 Å². The maximum atomic E-state index is 12.1. The molecule has 150 valence electrons. The van der Waals surface area contributed by atoms with Crippen LogP contribution in [0.2, 0.25) is 0 Å². The number of rotatable bonds is 4. The number of benzene rings is 1. The molecule has 0 aliphatic carbocycles. The van der Waals surface area contributed by atoms with Gasteiger partial charge in [-0.1, -0.05) is 12.1 Å². The monoisotopic (exact) mass is 377 g/mol. The molecule has 1 aliphatic heterocycles. The molecule has 0 atom stereocenters. The predicted molar refractivity (Wildman–Crippen MR) is 104 cm³/mol. The lowest BCUT2D eigenvalue weighted by Gasteiger charge is -2.33. The Kier molecular flexibility index (Phi) is 6.93. The van der Waals surface area contributed by atoms with Crippen molar-refractivity contribution in [2.45, 2.75) is 59.1 Å². The Morgan fingerprint density at radius 3 is 2.48 bits per heavy atom. The second-order valence-corrected chi connectivity index (χ2v) is 7.88. The van der Waals surface area contributed by atoms with Gasteiger partial charge in [-0.3, -0.25) is 0 Å². The minimum atomic E-state index is -0.498. The predicted octanol–water partition coefficient (Wildman–Crippen LogP) is 3.34. The van der Waals surface area contributed by atoms with Crippen molar-refractivity contribution in [3.63, 3.8) is 0 Å². The Morgan fingerprint density at radius 2 is 1.85 bits per heavy atom. The molecule has 2 rings (SSSR count). The number of hydrogen-bond acceptors (Lipinski definition) is 4. The van der Waals surface area contributed by atoms with Crippen molar-refractivity contribution in [1.82, 2.24) is 15.5 Å². The lowest BCUT2D eigenvalue weighted by molar-refractivity contribution is 0.0201. The number of likely N-dealkylation sites (tertiary alicyclic amines) is 1. The highest BCUT2D eigenvalue weighted by Gasteiger charge is 2.27. The van der Waals surface area contributed by atoms with Crippen molar-refractivity contribution in [2.75, 3.05) is 19.8 Å². The van der Waals surface area contributed by atoms with Crippen LogP contribution < -0.4 is 15.4 Å². The fourth-order valence-electron chi connectivity index (χ4n) is 2.83. The summed E-state index contributed by atoms with van der Waals surface area (Å²) in [5, 5.41) is 5.64. The number of carbonyl (C=O) groups excluding carboxylic acids is 2. The quantitative estimate of drug-likeness (QED) is 0.789. The summed E-state index contributed by atoms with van der Waals surface area (Å²) in [6.45, 7) is 10.8. The minimum absolute atomic E-state index is 0.0318. The molecule has 1 fully saturated rings. The first-order chi connectivity index (χ1) is 12.7. The number of urea groups is 1. The Balaban J connectivity index is 1.68. The Bertz CT molecular complexity index is 662. The van der Waals surface area contributed by atoms with Crippen molar-refractivity contribution >= 4 is 12.1 Å². The number of piperidine rings is 1. The van der Waals surface area contributed by atoms with Gasteiger partial charge in [0.25, 0.3) is 0 Å². The van der Waals surface area contributed by atoms with Crippen LogP contribution >= 0.6 is 0 Å². The van der Waals surface area contributed by atoms with E-state index in [0.717, 1.165) is 16.9 Å². The molecule has 0 saturated carbocycles. The van der Waals surface area contributed by atoms with Crippen LogP contribution in [-0.4, -0.2) is 48.5 Å². The van der Waals surface area contributed by atoms with Crippen LogP contribution in [-0.2, 0) is 4.74 Å². The van der Waals surface area contributed by atoms with E-state index in [2.05, 4.69) is 10.6 Å². The summed E-state index contributed by atoms with van der Waals surface area (Å²) in [6.07, 6.45) is 1.10. The zero-order chi connectivity index (χ0) is 20.0. The molecule has 2 N–H and O–H groups in total. The number of nitrogens with zero attached hydrogens (tertiary/aromatic N) is 1. The summed E-state index contributed by atoms with van der Waals surface area (Å²) in [7, 11) is 0. The maximum absolute atomic E-state index is 12.1. The summed E-state index contributed by atoms with van der Waals surface area (Å²) in [5.74, 6) is 0.765. The SMILES string of the molecule is Cc1cccc(OCNC(=O)NC2CCN(C(=O)OC(C)(C)C)CC2)c1C. The molecule has 0 spiro atoms. The second kappa shape index (κ2) is 8.97. The highest BCUT2D eigenvalue weighted by atomic mass is 16.6. The average molecular weight is 377 g/mol. The molecule has 1 aliphatic rings. The van der Waals surface area contributed by atoms with Crippen molar-refractivity contribution in [1.29, 1.82) is 0 Å². The fraction of sp³-hybridized carbons (Fsp3) is 0.600. The molecular weight excluding hydrogens is 346 g/mol. The van der Waals surface area contributed by atoms with Gasteiger partial charge in [0.05, 0.1) is 0 Å². The zero-order valence-electron chi connectivity index (χ0n) is 16.9. The highest BCUT2D eigenvalue weighted by Crippen LogP contribution is 2.20. The van der Waals surface area contributed by atoms with E-state index in [1.54, 1.807) is 4.90 Å². The Labute approximate surface area is 161 Å². The van der Waals surface area contributed by atoms with E-state index in [9.17, 15) is 9.59 Å². The molecular formula is C20H31N3O4. The van der Waals surface area contributed by atoms with E-state index in [0.29, 0.717) is 25.9 Å². The topological polar surface area (TPSA) is 79.9 Å². The summed E-state index contributed by atoms with van der Waals surface area (Å²) in [4.78, 5) is 25.8. The zero-order valence-corrected chi connectivity index (χ0v) is 16.9. The molecule has 0 unspecified atom stereocenters. The maximum Gasteiger partial charge on any atom is 0.410 e. The van der Waals surface area contributed by atoms with Gasteiger partial charge < -0.3 is 25.0 Å². The standard InChI is InChI=1S/C20H31N3O4/c1-14-7-6-8-17(15(14)2)26-13-21-18(24)22-16-9-11-23(12-10-16)19(25)27-20(3,4)5/h6-8,16H,9-13H2,1-5H3,(H2,21,22,24). The summed E-state index contributed by atoms with van der Waals surface area (Å²) < 4.78 is 11.0. The van der Waals surface area contributed by atoms with Crippen molar-refractivity contribution < 1.29 is 19.1 Å². The third kappa shape index (κ3) is 6.66. The first-order valence-electron chi connectivity index (χ1n) is 9.37. The van der Waals surface area contributed by atoms with Gasteiger partial charge in [0.15, 0.2) is 6.73 Å². The molecule has 27 heavy (non-hydrogen) atoms. The van der Waals surface area contributed by atoms with Gasteiger partial charge in [-0.15, -0.1) is 0 Å². The third-order valence-electron chi connectivity index (χ3n) is 4.50. The molecule has 7 nitrogen and oxygen atoms in total. The van der Waals surface area contributed by atoms with E-state index in [4.69, 9.17) is 9.47 Å². The molecule has 1 aromatic carbocycles. The number of ether oxygens (including phenoxy) is 2. The number of nitrogens with one attached hydrogen (secondary N) is 2. The lowest BCUT2D eigenvalue weighted by Crippen LogP contribution is -2.50. The highest BCUT2D eigenvalue weighted by molar-refractivity contribution is 5.74. The molecule has 0 radical (unpaired) electrons. The van der Waals surface area contributed by atoms with Crippen molar-refractivity contribution in [3.05, 3.63) is 29.3 Å². The normalized spacial score (nSPS) is 15.2. The number of amides is 3. The minimum Gasteiger partial charge on any atom is -0.473 e.